The molecule has 3 fully saturated rings. The van der Waals surface area contributed by atoms with Gasteiger partial charge in [0, 0.05) is 29.9 Å². The fourth-order valence-corrected chi connectivity index (χ4v) is 5.17. The molecule has 1 spiro atoms. The van der Waals surface area contributed by atoms with E-state index in [-0.39, 0.29) is 35.5 Å². The Kier molecular flexibility index (Phi) is 5.16. The fourth-order valence-electron chi connectivity index (χ4n) is 5.17. The van der Waals surface area contributed by atoms with Crippen LogP contribution in [0, 0.1) is 22.7 Å². The van der Waals surface area contributed by atoms with Gasteiger partial charge in [0.2, 0.25) is 11.8 Å². The Labute approximate surface area is 190 Å². The first-order valence-corrected chi connectivity index (χ1v) is 11.3. The van der Waals surface area contributed by atoms with E-state index in [1.807, 2.05) is 0 Å². The normalized spacial score (nSPS) is 23.8. The minimum absolute atomic E-state index is 0.0382. The maximum absolute atomic E-state index is 13.4. The number of carbonyl (C=O) groups is 4. The summed E-state index contributed by atoms with van der Waals surface area (Å²) in [5.41, 5.74) is 1.46. The third kappa shape index (κ3) is 3.86. The Morgan fingerprint density at radius 2 is 2.18 bits per heavy atom. The lowest BCUT2D eigenvalue weighted by atomic mass is 9.98. The highest BCUT2D eigenvalue weighted by atomic mass is 16.2. The lowest BCUT2D eigenvalue weighted by molar-refractivity contribution is -0.128. The Morgan fingerprint density at radius 3 is 2.85 bits per heavy atom. The summed E-state index contributed by atoms with van der Waals surface area (Å²) in [6, 6.07) is 7.59. The summed E-state index contributed by atoms with van der Waals surface area (Å²) in [5, 5.41) is 15.5. The van der Waals surface area contributed by atoms with Crippen LogP contribution < -0.4 is 10.6 Å². The topological polar surface area (TPSA) is 135 Å². The molecule has 3 amide bonds. The average Bonchev–Trinajstić information content (AvgIpc) is 3.13. The molecule has 3 aliphatic rings. The number of nitrogens with zero attached hydrogens (tertiary/aromatic N) is 2. The molecule has 0 radical (unpaired) electrons. The molecule has 3 N–H and O–H groups in total. The summed E-state index contributed by atoms with van der Waals surface area (Å²) in [5.74, 6) is -1.05. The summed E-state index contributed by atoms with van der Waals surface area (Å²) in [4.78, 5) is 54.8. The number of nitrogens with one attached hydrogen (secondary N) is 3. The van der Waals surface area contributed by atoms with Gasteiger partial charge in [0.1, 0.15) is 18.0 Å². The van der Waals surface area contributed by atoms with Gasteiger partial charge in [-0.2, -0.15) is 5.26 Å². The molecule has 1 aromatic carbocycles. The van der Waals surface area contributed by atoms with Crippen molar-refractivity contribution in [2.45, 2.75) is 44.2 Å². The number of likely N-dealkylation sites (tertiary alicyclic amines) is 1. The van der Waals surface area contributed by atoms with Gasteiger partial charge < -0.3 is 25.3 Å². The first-order chi connectivity index (χ1) is 15.9. The van der Waals surface area contributed by atoms with E-state index in [1.165, 1.54) is 0 Å². The molecule has 3 heterocycles. The standard InChI is InChI=1S/C24H25N5O4/c25-11-15-2-1-3-18-17(15)9-19(28-18)23(33)29-13-24(5-6-24)10-20(29)22(32)27-16(12-30)8-14-4-7-26-21(14)31/h1-3,9,12,14,16,20,28H,4-8,10,13H2,(H,26,31)(H,27,32)/t14-,16-,20-/m0/s1. The monoisotopic (exact) mass is 447 g/mol. The van der Waals surface area contributed by atoms with Crippen molar-refractivity contribution in [2.75, 3.05) is 13.1 Å². The van der Waals surface area contributed by atoms with Crippen LogP contribution in [0.1, 0.15) is 48.2 Å². The number of amides is 3. The van der Waals surface area contributed by atoms with Gasteiger partial charge in [-0.15, -0.1) is 0 Å². The van der Waals surface area contributed by atoms with Crippen LogP contribution >= 0.6 is 0 Å². The number of hydrogen-bond acceptors (Lipinski definition) is 5. The number of rotatable bonds is 6. The highest BCUT2D eigenvalue weighted by Gasteiger charge is 2.55. The van der Waals surface area contributed by atoms with Gasteiger partial charge in [0.15, 0.2) is 0 Å². The van der Waals surface area contributed by atoms with Crippen molar-refractivity contribution in [2.24, 2.45) is 11.3 Å². The Hall–Kier alpha value is -3.67. The van der Waals surface area contributed by atoms with E-state index in [4.69, 9.17) is 0 Å². The van der Waals surface area contributed by atoms with Crippen LogP contribution in [0.15, 0.2) is 24.3 Å². The smallest absolute Gasteiger partial charge is 0.271 e. The summed E-state index contributed by atoms with van der Waals surface area (Å²) >= 11 is 0. The van der Waals surface area contributed by atoms with Crippen molar-refractivity contribution in [3.8, 4) is 6.07 Å². The minimum Gasteiger partial charge on any atom is -0.356 e. The Balaban J connectivity index is 1.35. The molecule has 3 atom stereocenters. The predicted octanol–water partition coefficient (Wildman–Crippen LogP) is 1.24. The van der Waals surface area contributed by atoms with Gasteiger partial charge in [-0.05, 0) is 55.7 Å². The Morgan fingerprint density at radius 1 is 1.36 bits per heavy atom. The minimum atomic E-state index is -0.773. The number of hydrogen-bond donors (Lipinski definition) is 3. The highest BCUT2D eigenvalue weighted by Crippen LogP contribution is 2.55. The largest absolute Gasteiger partial charge is 0.356 e. The van der Waals surface area contributed by atoms with Gasteiger partial charge >= 0.3 is 0 Å². The second kappa shape index (κ2) is 8.03. The molecule has 170 valence electrons. The molecule has 0 unspecified atom stereocenters. The van der Waals surface area contributed by atoms with Gasteiger partial charge in [-0.25, -0.2) is 0 Å². The fraction of sp³-hybridized carbons (Fsp3) is 0.458. The van der Waals surface area contributed by atoms with Crippen molar-refractivity contribution >= 4 is 34.9 Å². The SMILES string of the molecule is N#Cc1cccc2[nH]c(C(=O)N3CC4(CC4)C[C@H]3C(=O)N[C@H](C=O)C[C@@H]3CCNC3=O)cc12. The molecule has 2 aliphatic heterocycles. The number of fused-ring (bicyclic) bond motifs is 1. The molecule has 9 heteroatoms. The van der Waals surface area contributed by atoms with Crippen molar-refractivity contribution in [1.29, 1.82) is 5.26 Å². The molecular weight excluding hydrogens is 422 g/mol. The van der Waals surface area contributed by atoms with Crippen molar-refractivity contribution in [3.63, 3.8) is 0 Å². The zero-order valence-corrected chi connectivity index (χ0v) is 18.1. The molecule has 1 aromatic heterocycles. The number of benzene rings is 1. The molecular formula is C24H25N5O4. The molecule has 1 aliphatic carbocycles. The van der Waals surface area contributed by atoms with E-state index in [1.54, 1.807) is 29.2 Å². The van der Waals surface area contributed by atoms with Crippen molar-refractivity contribution < 1.29 is 19.2 Å². The summed E-state index contributed by atoms with van der Waals surface area (Å²) < 4.78 is 0. The van der Waals surface area contributed by atoms with E-state index in [0.717, 1.165) is 12.8 Å². The summed E-state index contributed by atoms with van der Waals surface area (Å²) in [6.45, 7) is 1.07. The number of aromatic nitrogens is 1. The van der Waals surface area contributed by atoms with E-state index in [2.05, 4.69) is 21.7 Å². The van der Waals surface area contributed by atoms with Crippen LogP contribution in [-0.4, -0.2) is 59.1 Å². The van der Waals surface area contributed by atoms with Crippen molar-refractivity contribution in [3.05, 3.63) is 35.5 Å². The highest BCUT2D eigenvalue weighted by molar-refractivity contribution is 6.02. The second-order valence-electron chi connectivity index (χ2n) is 9.48. The van der Waals surface area contributed by atoms with Gasteiger partial charge in [0.05, 0.1) is 17.7 Å². The molecule has 1 saturated carbocycles. The number of aldehydes is 1. The molecule has 9 nitrogen and oxygen atoms in total. The average molecular weight is 447 g/mol. The third-order valence-electron chi connectivity index (χ3n) is 7.24. The maximum Gasteiger partial charge on any atom is 0.271 e. The number of carbonyl (C=O) groups excluding carboxylic acids is 4. The van der Waals surface area contributed by atoms with Crippen molar-refractivity contribution in [1.82, 2.24) is 20.5 Å². The van der Waals surface area contributed by atoms with Crippen LogP contribution in [0.4, 0.5) is 0 Å². The Bertz CT molecular complexity index is 1190. The molecule has 0 bridgehead atoms. The summed E-state index contributed by atoms with van der Waals surface area (Å²) in [7, 11) is 0. The van der Waals surface area contributed by atoms with E-state index in [0.29, 0.717) is 54.4 Å². The van der Waals surface area contributed by atoms with E-state index >= 15 is 0 Å². The van der Waals surface area contributed by atoms with Crippen LogP contribution in [0.5, 0.6) is 0 Å². The van der Waals surface area contributed by atoms with Gasteiger partial charge in [-0.1, -0.05) is 6.07 Å². The molecule has 33 heavy (non-hydrogen) atoms. The van der Waals surface area contributed by atoms with Crippen LogP contribution in [-0.2, 0) is 14.4 Å². The second-order valence-corrected chi connectivity index (χ2v) is 9.48. The first kappa shape index (κ1) is 21.2. The zero-order valence-electron chi connectivity index (χ0n) is 18.1. The lowest BCUT2D eigenvalue weighted by Gasteiger charge is -2.25. The number of nitriles is 1. The molecule has 2 aromatic rings. The van der Waals surface area contributed by atoms with Gasteiger partial charge in [-0.3, -0.25) is 14.4 Å². The molecule has 5 rings (SSSR count). The quantitative estimate of drug-likeness (QED) is 0.573. The van der Waals surface area contributed by atoms with Crippen LogP contribution in [0.25, 0.3) is 10.9 Å². The van der Waals surface area contributed by atoms with Gasteiger partial charge in [0.25, 0.3) is 5.91 Å². The third-order valence-corrected chi connectivity index (χ3v) is 7.24. The van der Waals surface area contributed by atoms with Crippen LogP contribution in [0.3, 0.4) is 0 Å². The maximum atomic E-state index is 13.4. The number of aromatic amines is 1. The predicted molar refractivity (Wildman–Crippen MR) is 118 cm³/mol. The van der Waals surface area contributed by atoms with E-state index in [9.17, 15) is 24.4 Å². The number of H-pyrrole nitrogens is 1. The summed E-state index contributed by atoms with van der Waals surface area (Å²) in [6.07, 6.45) is 4.05. The first-order valence-electron chi connectivity index (χ1n) is 11.3. The lowest BCUT2D eigenvalue weighted by Crippen LogP contribution is -2.49. The molecule has 2 saturated heterocycles. The zero-order chi connectivity index (χ0) is 23.2. The van der Waals surface area contributed by atoms with Crippen LogP contribution in [0.2, 0.25) is 0 Å². The van der Waals surface area contributed by atoms with E-state index < -0.39 is 12.1 Å².